The highest BCUT2D eigenvalue weighted by Crippen LogP contribution is 2.42. The highest BCUT2D eigenvalue weighted by Gasteiger charge is 2.33. The van der Waals surface area contributed by atoms with E-state index in [1.54, 1.807) is 34.8 Å². The van der Waals surface area contributed by atoms with Gasteiger partial charge in [0.15, 0.2) is 5.82 Å². The molecule has 2 fully saturated rings. The van der Waals surface area contributed by atoms with Gasteiger partial charge in [-0.3, -0.25) is 4.79 Å². The molecule has 40 heavy (non-hydrogen) atoms. The largest absolute Gasteiger partial charge is 0.324 e. The van der Waals surface area contributed by atoms with Crippen LogP contribution in [-0.4, -0.2) is 72.8 Å². The zero-order valence-corrected chi connectivity index (χ0v) is 23.7. The first-order valence-electron chi connectivity index (χ1n) is 13.9. The van der Waals surface area contributed by atoms with Crippen molar-refractivity contribution < 1.29 is 13.2 Å². The van der Waals surface area contributed by atoms with Crippen molar-refractivity contribution in [1.29, 1.82) is 0 Å². The summed E-state index contributed by atoms with van der Waals surface area (Å²) in [6, 6.07) is 15.0. The zero-order chi connectivity index (χ0) is 27.9. The number of hydrogen-bond donors (Lipinski definition) is 2. The maximum Gasteiger partial charge on any atom is 0.257 e. The minimum Gasteiger partial charge on any atom is -0.324 e. The topological polar surface area (TPSA) is 111 Å². The van der Waals surface area contributed by atoms with Gasteiger partial charge in [-0.1, -0.05) is 25.0 Å². The smallest absolute Gasteiger partial charge is 0.257 e. The van der Waals surface area contributed by atoms with E-state index in [1.165, 1.54) is 0 Å². The van der Waals surface area contributed by atoms with Gasteiger partial charge in [-0.15, -0.1) is 0 Å². The maximum absolute atomic E-state index is 13.2. The number of anilines is 5. The molecule has 10 nitrogen and oxygen atoms in total. The van der Waals surface area contributed by atoms with Crippen molar-refractivity contribution in [2.45, 2.75) is 55.5 Å². The molecular weight excluding hydrogens is 526 g/mol. The van der Waals surface area contributed by atoms with Gasteiger partial charge in [0.05, 0.1) is 22.3 Å². The van der Waals surface area contributed by atoms with Crippen LogP contribution in [0.3, 0.4) is 0 Å². The first-order valence-corrected chi connectivity index (χ1v) is 15.4. The second-order valence-electron chi connectivity index (χ2n) is 11.0. The van der Waals surface area contributed by atoms with Crippen LogP contribution in [0, 0.1) is 0 Å². The summed E-state index contributed by atoms with van der Waals surface area (Å²) < 4.78 is 28.1. The molecule has 1 saturated carbocycles. The molecule has 1 aromatic heterocycles. The van der Waals surface area contributed by atoms with E-state index < -0.39 is 10.0 Å². The summed E-state index contributed by atoms with van der Waals surface area (Å²) in [7, 11) is 0.516. The number of aromatic nitrogens is 2. The Labute approximate surface area is 235 Å². The Bertz CT molecular complexity index is 1500. The average Bonchev–Trinajstić information content (AvgIpc) is 3.46. The van der Waals surface area contributed by atoms with Crippen LogP contribution in [0.1, 0.15) is 48.9 Å². The predicted octanol–water partition coefficient (Wildman–Crippen LogP) is 4.58. The van der Waals surface area contributed by atoms with Crippen molar-refractivity contribution in [2.75, 3.05) is 42.7 Å². The molecule has 1 aliphatic carbocycles. The highest BCUT2D eigenvalue weighted by molar-refractivity contribution is 7.89. The fourth-order valence-electron chi connectivity index (χ4n) is 6.00. The Morgan fingerprint density at radius 3 is 2.38 bits per heavy atom. The van der Waals surface area contributed by atoms with Crippen molar-refractivity contribution in [2.24, 2.45) is 0 Å². The molecular formula is C29H35N7O3S. The summed E-state index contributed by atoms with van der Waals surface area (Å²) in [4.78, 5) is 26.9. The Balaban J connectivity index is 1.24. The van der Waals surface area contributed by atoms with Crippen LogP contribution >= 0.6 is 0 Å². The SMILES string of the molecule is CN(C)C1CCN(S(=O)(=O)c2ccc(Nc3ncc4c(n3)N(C3CCCC3)c3ccccc3C(=O)N4)cc2)CC1. The molecule has 3 heterocycles. The average molecular weight is 562 g/mol. The van der Waals surface area contributed by atoms with Gasteiger partial charge in [-0.2, -0.15) is 9.29 Å². The molecule has 2 aliphatic heterocycles. The van der Waals surface area contributed by atoms with Crippen molar-refractivity contribution in [1.82, 2.24) is 19.2 Å². The van der Waals surface area contributed by atoms with Crippen molar-refractivity contribution in [3.63, 3.8) is 0 Å². The lowest BCUT2D eigenvalue weighted by molar-refractivity contribution is 0.102. The van der Waals surface area contributed by atoms with Crippen LogP contribution in [0.5, 0.6) is 0 Å². The number of benzene rings is 2. The molecule has 0 spiro atoms. The fraction of sp³-hybridized carbons (Fsp3) is 0.414. The quantitative estimate of drug-likeness (QED) is 0.450. The van der Waals surface area contributed by atoms with Crippen molar-refractivity contribution in [3.05, 3.63) is 60.3 Å². The van der Waals surface area contributed by atoms with Crippen LogP contribution in [0.15, 0.2) is 59.6 Å². The van der Waals surface area contributed by atoms with Crippen LogP contribution in [0.4, 0.5) is 28.8 Å². The van der Waals surface area contributed by atoms with Gasteiger partial charge in [0.2, 0.25) is 16.0 Å². The van der Waals surface area contributed by atoms with E-state index in [0.717, 1.165) is 44.2 Å². The Morgan fingerprint density at radius 1 is 0.975 bits per heavy atom. The molecule has 0 radical (unpaired) electrons. The highest BCUT2D eigenvalue weighted by atomic mass is 32.2. The molecule has 2 N–H and O–H groups in total. The number of carbonyl (C=O) groups is 1. The Morgan fingerprint density at radius 2 is 1.68 bits per heavy atom. The van der Waals surface area contributed by atoms with Crippen LogP contribution in [0.2, 0.25) is 0 Å². The van der Waals surface area contributed by atoms with Gasteiger partial charge >= 0.3 is 0 Å². The summed E-state index contributed by atoms with van der Waals surface area (Å²) >= 11 is 0. The normalized spacial score (nSPS) is 18.8. The van der Waals surface area contributed by atoms with Crippen LogP contribution < -0.4 is 15.5 Å². The van der Waals surface area contributed by atoms with Gasteiger partial charge in [-0.05, 0) is 76.2 Å². The number of nitrogens with zero attached hydrogens (tertiary/aromatic N) is 5. The molecule has 3 aliphatic rings. The lowest BCUT2D eigenvalue weighted by Crippen LogP contribution is -2.44. The first kappa shape index (κ1) is 26.7. The molecule has 210 valence electrons. The molecule has 0 bridgehead atoms. The summed E-state index contributed by atoms with van der Waals surface area (Å²) in [5.41, 5.74) is 2.71. The third-order valence-electron chi connectivity index (χ3n) is 8.25. The van der Waals surface area contributed by atoms with Gasteiger partial charge in [0.25, 0.3) is 5.91 Å². The molecule has 1 amide bonds. The fourth-order valence-corrected chi connectivity index (χ4v) is 7.47. The summed E-state index contributed by atoms with van der Waals surface area (Å²) in [5.74, 6) is 0.851. The molecule has 6 rings (SSSR count). The van der Waals surface area contributed by atoms with E-state index in [4.69, 9.17) is 4.98 Å². The second kappa shape index (κ2) is 10.8. The number of fused-ring (bicyclic) bond motifs is 2. The number of para-hydroxylation sites is 1. The van der Waals surface area contributed by atoms with E-state index in [1.807, 2.05) is 38.4 Å². The minimum absolute atomic E-state index is 0.176. The molecule has 1 saturated heterocycles. The number of hydrogen-bond acceptors (Lipinski definition) is 8. The van der Waals surface area contributed by atoms with E-state index in [-0.39, 0.29) is 16.8 Å². The number of sulfonamides is 1. The minimum atomic E-state index is -3.56. The second-order valence-corrected chi connectivity index (χ2v) is 12.9. The number of amides is 1. The monoisotopic (exact) mass is 561 g/mol. The molecule has 0 unspecified atom stereocenters. The predicted molar refractivity (Wildman–Crippen MR) is 156 cm³/mol. The third-order valence-corrected chi connectivity index (χ3v) is 10.2. The van der Waals surface area contributed by atoms with Crippen LogP contribution in [0.25, 0.3) is 0 Å². The molecule has 3 aromatic rings. The summed E-state index contributed by atoms with van der Waals surface area (Å²) in [6.07, 6.45) is 7.61. The lowest BCUT2D eigenvalue weighted by Gasteiger charge is -2.34. The van der Waals surface area contributed by atoms with Gasteiger partial charge in [0, 0.05) is 30.9 Å². The van der Waals surface area contributed by atoms with Crippen molar-refractivity contribution >= 4 is 44.8 Å². The van der Waals surface area contributed by atoms with E-state index in [9.17, 15) is 13.2 Å². The van der Waals surface area contributed by atoms with Gasteiger partial charge in [0.1, 0.15) is 5.69 Å². The molecule has 2 aromatic carbocycles. The van der Waals surface area contributed by atoms with E-state index >= 15 is 0 Å². The number of carbonyl (C=O) groups excluding carboxylic acids is 1. The summed E-state index contributed by atoms with van der Waals surface area (Å²) in [6.45, 7) is 1.04. The van der Waals surface area contributed by atoms with E-state index in [2.05, 4.69) is 25.4 Å². The van der Waals surface area contributed by atoms with Crippen molar-refractivity contribution in [3.8, 4) is 0 Å². The number of nitrogens with one attached hydrogen (secondary N) is 2. The van der Waals surface area contributed by atoms with E-state index in [0.29, 0.717) is 47.8 Å². The Kier molecular flexibility index (Phi) is 7.20. The lowest BCUT2D eigenvalue weighted by atomic mass is 10.1. The number of piperidine rings is 1. The van der Waals surface area contributed by atoms with Gasteiger partial charge in [-0.25, -0.2) is 13.4 Å². The molecule has 11 heteroatoms. The molecule has 0 atom stereocenters. The summed E-state index contributed by atoms with van der Waals surface area (Å²) in [5, 5.41) is 6.20. The third kappa shape index (κ3) is 5.04. The number of rotatable bonds is 6. The Hall–Kier alpha value is -3.54. The standard InChI is InChI=1S/C29H35N7O3S/c1-34(2)21-15-17-35(18-16-21)40(38,39)23-13-11-20(12-14-23)31-29-30-19-25-27(33-29)36(22-7-3-4-8-22)26-10-6-5-9-24(26)28(37)32-25/h5-6,9-14,19,21-22H,3-4,7-8,15-18H2,1-2H3,(H,32,37)(H,30,31,33). The van der Waals surface area contributed by atoms with Gasteiger partial charge < -0.3 is 20.4 Å². The maximum atomic E-state index is 13.2. The first-order chi connectivity index (χ1) is 19.3. The van der Waals surface area contributed by atoms with Crippen LogP contribution in [-0.2, 0) is 10.0 Å². The zero-order valence-electron chi connectivity index (χ0n) is 22.9.